The van der Waals surface area contributed by atoms with Crippen LogP contribution in [0.1, 0.15) is 54.2 Å². The van der Waals surface area contributed by atoms with Gasteiger partial charge in [-0.3, -0.25) is 0 Å². The van der Waals surface area contributed by atoms with Gasteiger partial charge >= 0.3 is 6.09 Å². The Hall–Kier alpha value is -2.43. The van der Waals surface area contributed by atoms with Gasteiger partial charge in [0, 0.05) is 24.9 Å². The minimum absolute atomic E-state index is 0.293. The number of hydrogen-bond acceptors (Lipinski definition) is 3. The van der Waals surface area contributed by atoms with Crippen LogP contribution in [0.3, 0.4) is 0 Å². The Morgan fingerprint density at radius 3 is 2.36 bits per heavy atom. The Morgan fingerprint density at radius 2 is 1.68 bits per heavy atom. The van der Waals surface area contributed by atoms with E-state index < -0.39 is 5.60 Å². The van der Waals surface area contributed by atoms with Gasteiger partial charge in [0.2, 0.25) is 0 Å². The number of nitrogens with zero attached hydrogens (tertiary/aromatic N) is 2. The van der Waals surface area contributed by atoms with Crippen molar-refractivity contribution in [2.24, 2.45) is 0 Å². The van der Waals surface area contributed by atoms with Crippen molar-refractivity contribution >= 4 is 6.09 Å². The Balaban J connectivity index is 0.000000921. The second kappa shape index (κ2) is 11.4. The highest BCUT2D eigenvalue weighted by Gasteiger charge is 2.23. The van der Waals surface area contributed by atoms with E-state index in [1.807, 2.05) is 85.0 Å². The minimum atomic E-state index is -0.500. The molecule has 3 rings (SSSR count). The molecule has 1 aromatic carbocycles. The smallest absolute Gasteiger partial charge is 0.410 e. The highest BCUT2D eigenvalue weighted by molar-refractivity contribution is 5.68. The fraction of sp³-hybridized carbons (Fsp3) is 0.522. The lowest BCUT2D eigenvalue weighted by Crippen LogP contribution is -2.40. The molecule has 5 heteroatoms. The summed E-state index contributed by atoms with van der Waals surface area (Å²) in [5, 5.41) is 0. The largest absolute Gasteiger partial charge is 0.490 e. The number of carbonyl (C=O) groups excluding carboxylic acids is 1. The number of fused-ring (bicyclic) bond motifs is 3. The summed E-state index contributed by atoms with van der Waals surface area (Å²) in [5.74, 6) is 0.820. The van der Waals surface area contributed by atoms with Crippen LogP contribution in [0, 0.1) is 0 Å². The van der Waals surface area contributed by atoms with Crippen molar-refractivity contribution in [2.75, 3.05) is 19.7 Å². The monoisotopic (exact) mass is 388 g/mol. The van der Waals surface area contributed by atoms with Crippen molar-refractivity contribution in [3.8, 4) is 11.4 Å². The number of benzene rings is 1. The lowest BCUT2D eigenvalue weighted by atomic mass is 10.2. The first-order valence-corrected chi connectivity index (χ1v) is 10.3. The van der Waals surface area contributed by atoms with Crippen LogP contribution >= 0.6 is 0 Å². The fourth-order valence-electron chi connectivity index (χ4n) is 2.77. The predicted molar refractivity (Wildman–Crippen MR) is 115 cm³/mol. The molecule has 1 aliphatic rings. The summed E-state index contributed by atoms with van der Waals surface area (Å²) < 4.78 is 13.6. The SMILES string of the molecule is CC.CC.CC(C)(C)OC(=O)N1CCOc2ccccc2-n2cccc2CC1. The molecule has 0 spiro atoms. The number of ether oxygens (including phenoxy) is 2. The molecule has 1 amide bonds. The first-order valence-electron chi connectivity index (χ1n) is 10.3. The quantitative estimate of drug-likeness (QED) is 0.581. The third-order valence-corrected chi connectivity index (χ3v) is 3.87. The van der Waals surface area contributed by atoms with Crippen LogP contribution in [0.4, 0.5) is 4.79 Å². The molecule has 28 heavy (non-hydrogen) atoms. The van der Waals surface area contributed by atoms with Gasteiger partial charge in [-0.15, -0.1) is 0 Å². The predicted octanol–water partition coefficient (Wildman–Crippen LogP) is 5.70. The van der Waals surface area contributed by atoms with Crippen molar-refractivity contribution < 1.29 is 14.3 Å². The van der Waals surface area contributed by atoms with E-state index in [9.17, 15) is 4.79 Å². The zero-order valence-corrected chi connectivity index (χ0v) is 18.5. The van der Waals surface area contributed by atoms with Crippen molar-refractivity contribution in [1.29, 1.82) is 0 Å². The molecule has 2 heterocycles. The molecule has 1 aliphatic heterocycles. The fourth-order valence-corrected chi connectivity index (χ4v) is 2.77. The number of aromatic nitrogens is 1. The normalized spacial score (nSPS) is 13.3. The zero-order chi connectivity index (χ0) is 21.2. The van der Waals surface area contributed by atoms with Gasteiger partial charge in [-0.05, 0) is 45.0 Å². The summed E-state index contributed by atoms with van der Waals surface area (Å²) in [4.78, 5) is 14.1. The molecule has 0 N–H and O–H groups in total. The van der Waals surface area contributed by atoms with Crippen LogP contribution in [-0.2, 0) is 11.2 Å². The first kappa shape index (κ1) is 23.6. The molecule has 0 saturated carbocycles. The van der Waals surface area contributed by atoms with Gasteiger partial charge in [0.25, 0.3) is 0 Å². The maximum atomic E-state index is 12.4. The first-order chi connectivity index (χ1) is 13.4. The van der Waals surface area contributed by atoms with Crippen molar-refractivity contribution in [1.82, 2.24) is 9.47 Å². The van der Waals surface area contributed by atoms with Crippen molar-refractivity contribution in [2.45, 2.75) is 60.5 Å². The molecule has 0 radical (unpaired) electrons. The van der Waals surface area contributed by atoms with Crippen molar-refractivity contribution in [3.63, 3.8) is 0 Å². The van der Waals surface area contributed by atoms with Gasteiger partial charge in [-0.1, -0.05) is 39.8 Å². The van der Waals surface area contributed by atoms with Gasteiger partial charge < -0.3 is 18.9 Å². The molecule has 0 unspecified atom stereocenters. The van der Waals surface area contributed by atoms with E-state index in [0.717, 1.165) is 23.6 Å². The molecule has 156 valence electrons. The van der Waals surface area contributed by atoms with E-state index >= 15 is 0 Å². The molecule has 2 aromatic rings. The molecular formula is C23H36N2O3. The van der Waals surface area contributed by atoms with Gasteiger partial charge in [-0.25, -0.2) is 4.79 Å². The van der Waals surface area contributed by atoms with Crippen LogP contribution in [0.2, 0.25) is 0 Å². The topological polar surface area (TPSA) is 43.7 Å². The maximum absolute atomic E-state index is 12.4. The Bertz CT molecular complexity index is 717. The zero-order valence-electron chi connectivity index (χ0n) is 18.5. The van der Waals surface area contributed by atoms with Crippen LogP contribution in [0.15, 0.2) is 42.6 Å². The van der Waals surface area contributed by atoms with Crippen molar-refractivity contribution in [3.05, 3.63) is 48.3 Å². The number of amides is 1. The van der Waals surface area contributed by atoms with Crippen LogP contribution < -0.4 is 4.74 Å². The molecule has 0 saturated heterocycles. The van der Waals surface area contributed by atoms with Gasteiger partial charge in [-0.2, -0.15) is 0 Å². The highest BCUT2D eigenvalue weighted by atomic mass is 16.6. The molecule has 0 atom stereocenters. The molecule has 0 aliphatic carbocycles. The van der Waals surface area contributed by atoms with E-state index in [1.165, 1.54) is 0 Å². The van der Waals surface area contributed by atoms with E-state index in [4.69, 9.17) is 9.47 Å². The average Bonchev–Trinajstić information content (AvgIpc) is 3.15. The lowest BCUT2D eigenvalue weighted by Gasteiger charge is -2.28. The number of rotatable bonds is 0. The maximum Gasteiger partial charge on any atom is 0.410 e. The van der Waals surface area contributed by atoms with Gasteiger partial charge in [0.05, 0.1) is 12.2 Å². The Kier molecular flexibility index (Phi) is 9.63. The Labute approximate surface area is 170 Å². The number of hydrogen-bond donors (Lipinski definition) is 0. The summed E-state index contributed by atoms with van der Waals surface area (Å²) in [6.45, 7) is 15.2. The molecule has 1 aromatic heterocycles. The second-order valence-electron chi connectivity index (χ2n) is 6.90. The van der Waals surface area contributed by atoms with E-state index in [1.54, 1.807) is 4.90 Å². The summed E-state index contributed by atoms with van der Waals surface area (Å²) in [6.07, 6.45) is 2.50. The molecule has 5 nitrogen and oxygen atoms in total. The standard InChI is InChI=1S/C19H24N2O3.2C2H6/c1-19(2,3)24-18(22)20-12-10-15-7-6-11-21(15)16-8-4-5-9-17(16)23-14-13-20;2*1-2/h4-9,11H,10,12-14H2,1-3H3;2*1-2H3. The number of para-hydroxylation sites is 2. The van der Waals surface area contributed by atoms with Gasteiger partial charge in [0.1, 0.15) is 18.0 Å². The average molecular weight is 389 g/mol. The Morgan fingerprint density at radius 1 is 1.00 bits per heavy atom. The summed E-state index contributed by atoms with van der Waals surface area (Å²) in [5.41, 5.74) is 1.67. The molecular weight excluding hydrogens is 352 g/mol. The van der Waals surface area contributed by atoms with Crippen LogP contribution in [-0.4, -0.2) is 40.9 Å². The summed E-state index contributed by atoms with van der Waals surface area (Å²) in [6, 6.07) is 12.1. The summed E-state index contributed by atoms with van der Waals surface area (Å²) in [7, 11) is 0. The van der Waals surface area contributed by atoms with E-state index in [-0.39, 0.29) is 6.09 Å². The minimum Gasteiger partial charge on any atom is -0.490 e. The highest BCUT2D eigenvalue weighted by Crippen LogP contribution is 2.25. The summed E-state index contributed by atoms with van der Waals surface area (Å²) >= 11 is 0. The molecule has 0 fully saturated rings. The second-order valence-corrected chi connectivity index (χ2v) is 6.90. The lowest BCUT2D eigenvalue weighted by molar-refractivity contribution is 0.0227. The van der Waals surface area contributed by atoms with E-state index in [0.29, 0.717) is 19.7 Å². The van der Waals surface area contributed by atoms with Crippen LogP contribution in [0.25, 0.3) is 5.69 Å². The van der Waals surface area contributed by atoms with Crippen LogP contribution in [0.5, 0.6) is 5.75 Å². The van der Waals surface area contributed by atoms with E-state index in [2.05, 4.69) is 10.6 Å². The van der Waals surface area contributed by atoms with Gasteiger partial charge in [0.15, 0.2) is 0 Å². The molecule has 0 bridgehead atoms. The third kappa shape index (κ3) is 6.63. The third-order valence-electron chi connectivity index (χ3n) is 3.87. The number of carbonyl (C=O) groups is 1.